The van der Waals surface area contributed by atoms with Crippen LogP contribution in [0.4, 0.5) is 0 Å². The van der Waals surface area contributed by atoms with Crippen molar-refractivity contribution in [3.05, 3.63) is 46.5 Å². The molecule has 1 N–H and O–H groups in total. The molecule has 1 aliphatic heterocycles. The predicted octanol–water partition coefficient (Wildman–Crippen LogP) is 2.81. The Balaban J connectivity index is 2.26. The molecule has 1 atom stereocenters. The highest BCUT2D eigenvalue weighted by atomic mass is 35.5. The van der Waals surface area contributed by atoms with E-state index in [1.54, 1.807) is 0 Å². The van der Waals surface area contributed by atoms with E-state index in [0.717, 1.165) is 30.6 Å². The van der Waals surface area contributed by atoms with Gasteiger partial charge in [-0.05, 0) is 43.7 Å². The molecule has 1 aromatic rings. The molecule has 0 saturated carbocycles. The molecule has 0 aliphatic carbocycles. The van der Waals surface area contributed by atoms with Crippen molar-refractivity contribution >= 4 is 11.6 Å². The van der Waals surface area contributed by atoms with E-state index in [9.17, 15) is 5.11 Å². The van der Waals surface area contributed by atoms with Crippen molar-refractivity contribution in [1.29, 1.82) is 0 Å². The first-order valence-electron chi connectivity index (χ1n) is 5.86. The predicted molar refractivity (Wildman–Crippen MR) is 71.2 cm³/mol. The number of rotatable bonds is 2. The van der Waals surface area contributed by atoms with Crippen molar-refractivity contribution in [3.63, 3.8) is 0 Å². The molecule has 2 nitrogen and oxygen atoms in total. The zero-order valence-electron chi connectivity index (χ0n) is 10.3. The zero-order chi connectivity index (χ0) is 12.5. The van der Waals surface area contributed by atoms with Crippen molar-refractivity contribution in [3.8, 4) is 0 Å². The van der Waals surface area contributed by atoms with Crippen molar-refractivity contribution in [2.24, 2.45) is 0 Å². The van der Waals surface area contributed by atoms with Crippen LogP contribution in [0.25, 0.3) is 0 Å². The van der Waals surface area contributed by atoms with Crippen LogP contribution in [0, 0.1) is 0 Å². The summed E-state index contributed by atoms with van der Waals surface area (Å²) in [6, 6.07) is 7.42. The van der Waals surface area contributed by atoms with E-state index in [1.807, 2.05) is 31.2 Å². The molecule has 0 spiro atoms. The molecular formula is C14H18ClNO. The number of benzene rings is 1. The van der Waals surface area contributed by atoms with Gasteiger partial charge in [0.2, 0.25) is 0 Å². The average Bonchev–Trinajstić information content (AvgIpc) is 2.30. The van der Waals surface area contributed by atoms with Crippen LogP contribution < -0.4 is 0 Å². The van der Waals surface area contributed by atoms with Gasteiger partial charge in [0.25, 0.3) is 0 Å². The molecule has 1 heterocycles. The molecule has 1 aromatic carbocycles. The lowest BCUT2D eigenvalue weighted by atomic mass is 9.84. The van der Waals surface area contributed by atoms with Crippen molar-refractivity contribution in [1.82, 2.24) is 4.90 Å². The van der Waals surface area contributed by atoms with Crippen LogP contribution in [0.15, 0.2) is 35.9 Å². The maximum Gasteiger partial charge on any atom is 0.108 e. The van der Waals surface area contributed by atoms with Gasteiger partial charge < -0.3 is 10.0 Å². The van der Waals surface area contributed by atoms with E-state index in [4.69, 9.17) is 11.6 Å². The second-order valence-electron chi connectivity index (χ2n) is 4.82. The molecule has 0 fully saturated rings. The lowest BCUT2D eigenvalue weighted by Crippen LogP contribution is -2.32. The standard InChI is InChI=1S/C14H18ClNO/c1-14(17,11-3-5-13(15)6-4-11)12-7-9-16(2)10-8-12/h3-7,17H,8-10H2,1-2H3. The Morgan fingerprint density at radius 3 is 2.47 bits per heavy atom. The number of nitrogens with zero attached hydrogens (tertiary/aromatic N) is 1. The summed E-state index contributed by atoms with van der Waals surface area (Å²) in [4.78, 5) is 2.24. The largest absolute Gasteiger partial charge is 0.381 e. The first-order valence-corrected chi connectivity index (χ1v) is 6.24. The third-order valence-corrected chi connectivity index (χ3v) is 3.70. The molecule has 0 bridgehead atoms. The van der Waals surface area contributed by atoms with E-state index in [2.05, 4.69) is 18.0 Å². The van der Waals surface area contributed by atoms with Gasteiger partial charge in [-0.15, -0.1) is 0 Å². The third-order valence-electron chi connectivity index (χ3n) is 3.44. The van der Waals surface area contributed by atoms with Crippen molar-refractivity contribution in [2.75, 3.05) is 20.1 Å². The molecule has 3 heteroatoms. The smallest absolute Gasteiger partial charge is 0.108 e. The SMILES string of the molecule is CN1CC=C(C(C)(O)c2ccc(Cl)cc2)CC1. The molecule has 2 rings (SSSR count). The van der Waals surface area contributed by atoms with Crippen LogP contribution >= 0.6 is 11.6 Å². The van der Waals surface area contributed by atoms with E-state index in [0.29, 0.717) is 5.02 Å². The molecule has 17 heavy (non-hydrogen) atoms. The summed E-state index contributed by atoms with van der Waals surface area (Å²) < 4.78 is 0. The number of aliphatic hydroxyl groups is 1. The second kappa shape index (κ2) is 4.81. The second-order valence-corrected chi connectivity index (χ2v) is 5.26. The van der Waals surface area contributed by atoms with Crippen LogP contribution in [0.5, 0.6) is 0 Å². The maximum atomic E-state index is 10.7. The van der Waals surface area contributed by atoms with Gasteiger partial charge in [0, 0.05) is 18.1 Å². The Labute approximate surface area is 108 Å². The number of likely N-dealkylation sites (N-methyl/N-ethyl adjacent to an activating group) is 1. The lowest BCUT2D eigenvalue weighted by Gasteiger charge is -2.32. The topological polar surface area (TPSA) is 23.5 Å². The monoisotopic (exact) mass is 251 g/mol. The van der Waals surface area contributed by atoms with Crippen LogP contribution in [0.3, 0.4) is 0 Å². The van der Waals surface area contributed by atoms with Gasteiger partial charge in [0.1, 0.15) is 5.60 Å². The van der Waals surface area contributed by atoms with Crippen LogP contribution in [-0.4, -0.2) is 30.1 Å². The Bertz CT molecular complexity index is 422. The highest BCUT2D eigenvalue weighted by Gasteiger charge is 2.29. The summed E-state index contributed by atoms with van der Waals surface area (Å²) in [5, 5.41) is 11.4. The van der Waals surface area contributed by atoms with Crippen LogP contribution in [0.2, 0.25) is 5.02 Å². The summed E-state index contributed by atoms with van der Waals surface area (Å²) in [5.74, 6) is 0. The van der Waals surface area contributed by atoms with E-state index in [-0.39, 0.29) is 0 Å². The number of hydrogen-bond acceptors (Lipinski definition) is 2. The minimum atomic E-state index is -0.883. The van der Waals surface area contributed by atoms with Gasteiger partial charge >= 0.3 is 0 Å². The quantitative estimate of drug-likeness (QED) is 0.817. The Morgan fingerprint density at radius 2 is 1.94 bits per heavy atom. The molecule has 1 aliphatic rings. The number of hydrogen-bond donors (Lipinski definition) is 1. The van der Waals surface area contributed by atoms with Gasteiger partial charge in [0.15, 0.2) is 0 Å². The highest BCUT2D eigenvalue weighted by molar-refractivity contribution is 6.30. The minimum absolute atomic E-state index is 0.696. The molecule has 1 unspecified atom stereocenters. The summed E-state index contributed by atoms with van der Waals surface area (Å²) in [5.41, 5.74) is 1.11. The van der Waals surface area contributed by atoms with Gasteiger partial charge in [-0.1, -0.05) is 29.8 Å². The molecule has 0 aromatic heterocycles. The fourth-order valence-corrected chi connectivity index (χ4v) is 2.30. The summed E-state index contributed by atoms with van der Waals surface area (Å²) >= 11 is 5.86. The highest BCUT2D eigenvalue weighted by Crippen LogP contribution is 2.33. The minimum Gasteiger partial charge on any atom is -0.381 e. The van der Waals surface area contributed by atoms with Gasteiger partial charge in [-0.3, -0.25) is 0 Å². The Hall–Kier alpha value is -0.830. The molecule has 0 radical (unpaired) electrons. The third kappa shape index (κ3) is 2.71. The molecule has 0 amide bonds. The lowest BCUT2D eigenvalue weighted by molar-refractivity contribution is 0.0886. The summed E-state index contributed by atoms with van der Waals surface area (Å²) in [7, 11) is 2.09. The number of halogens is 1. The Kier molecular flexibility index (Phi) is 3.57. The van der Waals surface area contributed by atoms with Gasteiger partial charge in [-0.25, -0.2) is 0 Å². The zero-order valence-corrected chi connectivity index (χ0v) is 11.0. The van der Waals surface area contributed by atoms with Crippen molar-refractivity contribution in [2.45, 2.75) is 18.9 Å². The van der Waals surface area contributed by atoms with Gasteiger partial charge in [-0.2, -0.15) is 0 Å². The van der Waals surface area contributed by atoms with E-state index in [1.165, 1.54) is 0 Å². The molecule has 0 saturated heterocycles. The first-order chi connectivity index (χ1) is 8.00. The average molecular weight is 252 g/mol. The molecular weight excluding hydrogens is 234 g/mol. The maximum absolute atomic E-state index is 10.7. The van der Waals surface area contributed by atoms with Crippen molar-refractivity contribution < 1.29 is 5.11 Å². The summed E-state index contributed by atoms with van der Waals surface area (Å²) in [6.07, 6.45) is 3.03. The Morgan fingerprint density at radius 1 is 1.29 bits per heavy atom. The molecule has 92 valence electrons. The van der Waals surface area contributed by atoms with Gasteiger partial charge in [0.05, 0.1) is 0 Å². The van der Waals surface area contributed by atoms with E-state index < -0.39 is 5.60 Å². The normalized spacial score (nSPS) is 20.8. The fourth-order valence-electron chi connectivity index (χ4n) is 2.17. The fraction of sp³-hybridized carbons (Fsp3) is 0.429. The van der Waals surface area contributed by atoms with E-state index >= 15 is 0 Å². The summed E-state index contributed by atoms with van der Waals surface area (Å²) in [6.45, 7) is 3.75. The van der Waals surface area contributed by atoms with Crippen LogP contribution in [-0.2, 0) is 5.60 Å². The van der Waals surface area contributed by atoms with Crippen LogP contribution in [0.1, 0.15) is 18.9 Å². The first kappa shape index (κ1) is 12.6.